The minimum atomic E-state index is -4.44. The largest absolute Gasteiger partial charge is 0.490 e. The summed E-state index contributed by atoms with van der Waals surface area (Å²) in [5, 5.41) is 3.99. The molecule has 1 saturated heterocycles. The number of nitrogens with zero attached hydrogens (tertiary/aromatic N) is 3. The molecule has 7 nitrogen and oxygen atoms in total. The predicted molar refractivity (Wildman–Crippen MR) is 114 cm³/mol. The lowest BCUT2D eigenvalue weighted by Gasteiger charge is -2.26. The van der Waals surface area contributed by atoms with Gasteiger partial charge in [0, 0.05) is 19.3 Å². The lowest BCUT2D eigenvalue weighted by atomic mass is 10.1. The Labute approximate surface area is 184 Å². The van der Waals surface area contributed by atoms with E-state index in [2.05, 4.69) is 15.5 Å². The van der Waals surface area contributed by atoms with E-state index in [1.54, 1.807) is 18.2 Å². The highest BCUT2D eigenvalue weighted by Gasteiger charge is 2.30. The molecule has 3 rings (SSSR count). The Hall–Kier alpha value is -3.30. The number of nitrogens with one attached hydrogen (secondary N) is 1. The molecule has 1 aromatic heterocycles. The van der Waals surface area contributed by atoms with Crippen LogP contribution in [0.15, 0.2) is 41.6 Å². The third kappa shape index (κ3) is 6.60. The van der Waals surface area contributed by atoms with Crippen LogP contribution in [0.5, 0.6) is 11.5 Å². The second-order valence-corrected chi connectivity index (χ2v) is 7.17. The number of rotatable bonds is 8. The van der Waals surface area contributed by atoms with Gasteiger partial charge in [-0.25, -0.2) is 4.98 Å². The Morgan fingerprint density at radius 2 is 1.94 bits per heavy atom. The van der Waals surface area contributed by atoms with Crippen molar-refractivity contribution in [1.29, 1.82) is 0 Å². The molecule has 172 valence electrons. The molecule has 2 aromatic rings. The number of likely N-dealkylation sites (tertiary alicyclic amines) is 1. The van der Waals surface area contributed by atoms with Crippen LogP contribution in [0.1, 0.15) is 37.3 Å². The number of anilines is 1. The summed E-state index contributed by atoms with van der Waals surface area (Å²) >= 11 is 0. The molecule has 1 aliphatic rings. The predicted octanol–water partition coefficient (Wildman–Crippen LogP) is 4.34. The number of ether oxygens (including phenoxy) is 2. The highest BCUT2D eigenvalue weighted by molar-refractivity contribution is 5.81. The fraction of sp³-hybridized carbons (Fsp3) is 0.409. The second-order valence-electron chi connectivity index (χ2n) is 7.17. The number of amides is 1. The van der Waals surface area contributed by atoms with E-state index in [0.29, 0.717) is 23.7 Å². The number of piperidine rings is 1. The number of benzene rings is 1. The van der Waals surface area contributed by atoms with Gasteiger partial charge in [0.2, 0.25) is 0 Å². The highest BCUT2D eigenvalue weighted by Crippen LogP contribution is 2.29. The molecule has 0 unspecified atom stereocenters. The van der Waals surface area contributed by atoms with Gasteiger partial charge in [0.1, 0.15) is 5.82 Å². The fourth-order valence-corrected chi connectivity index (χ4v) is 3.17. The minimum absolute atomic E-state index is 0.0500. The maximum atomic E-state index is 12.6. The van der Waals surface area contributed by atoms with E-state index in [9.17, 15) is 18.0 Å². The third-order valence-corrected chi connectivity index (χ3v) is 4.81. The van der Waals surface area contributed by atoms with E-state index in [4.69, 9.17) is 9.47 Å². The van der Waals surface area contributed by atoms with E-state index in [-0.39, 0.29) is 18.3 Å². The van der Waals surface area contributed by atoms with Gasteiger partial charge in [-0.05, 0) is 62.1 Å². The molecule has 1 fully saturated rings. The van der Waals surface area contributed by atoms with Crippen molar-refractivity contribution in [3.8, 4) is 11.5 Å². The van der Waals surface area contributed by atoms with Crippen LogP contribution in [0.25, 0.3) is 0 Å². The topological polar surface area (TPSA) is 76.0 Å². The molecule has 0 saturated carbocycles. The van der Waals surface area contributed by atoms with Gasteiger partial charge in [0.15, 0.2) is 18.1 Å². The maximum absolute atomic E-state index is 12.6. The maximum Gasteiger partial charge on any atom is 0.417 e. The first-order chi connectivity index (χ1) is 15.4. The summed E-state index contributed by atoms with van der Waals surface area (Å²) in [5.74, 6) is 1.05. The lowest BCUT2D eigenvalue weighted by molar-refractivity contribution is -0.138. The Morgan fingerprint density at radius 1 is 1.16 bits per heavy atom. The molecule has 1 amide bonds. The number of alkyl halides is 3. The van der Waals surface area contributed by atoms with E-state index in [1.165, 1.54) is 12.3 Å². The van der Waals surface area contributed by atoms with Crippen molar-refractivity contribution in [2.75, 3.05) is 31.7 Å². The van der Waals surface area contributed by atoms with Crippen molar-refractivity contribution in [1.82, 2.24) is 9.88 Å². The van der Waals surface area contributed by atoms with Gasteiger partial charge in [0.25, 0.3) is 5.91 Å². The highest BCUT2D eigenvalue weighted by atomic mass is 19.4. The first kappa shape index (κ1) is 23.4. The van der Waals surface area contributed by atoms with Gasteiger partial charge in [-0.15, -0.1) is 0 Å². The minimum Gasteiger partial charge on any atom is -0.490 e. The smallest absolute Gasteiger partial charge is 0.417 e. The monoisotopic (exact) mass is 450 g/mol. The van der Waals surface area contributed by atoms with Crippen molar-refractivity contribution in [2.24, 2.45) is 5.10 Å². The Balaban J connectivity index is 1.60. The fourth-order valence-electron chi connectivity index (χ4n) is 3.17. The van der Waals surface area contributed by atoms with Crippen LogP contribution < -0.4 is 14.9 Å². The first-order valence-corrected chi connectivity index (χ1v) is 10.4. The number of hydrogen-bond donors (Lipinski definition) is 1. The van der Waals surface area contributed by atoms with Gasteiger partial charge in [-0.2, -0.15) is 18.3 Å². The summed E-state index contributed by atoms with van der Waals surface area (Å²) < 4.78 is 49.1. The van der Waals surface area contributed by atoms with Crippen molar-refractivity contribution in [3.05, 3.63) is 47.7 Å². The van der Waals surface area contributed by atoms with Gasteiger partial charge in [0.05, 0.1) is 18.4 Å². The van der Waals surface area contributed by atoms with Crippen LogP contribution in [0.4, 0.5) is 19.0 Å². The quantitative estimate of drug-likeness (QED) is 0.478. The molecular weight excluding hydrogens is 425 g/mol. The number of carbonyl (C=O) groups excluding carboxylic acids is 1. The summed E-state index contributed by atoms with van der Waals surface area (Å²) in [6, 6.07) is 7.24. The van der Waals surface area contributed by atoms with Crippen molar-refractivity contribution >= 4 is 17.9 Å². The summed E-state index contributed by atoms with van der Waals surface area (Å²) in [4.78, 5) is 17.8. The molecule has 1 N–H and O–H groups in total. The SMILES string of the molecule is CCOc1cc(/C=N\Nc2ccc(C(F)(F)F)cn2)ccc1OCC(=O)N1CCCCC1. The molecule has 0 bridgehead atoms. The molecule has 0 spiro atoms. The summed E-state index contributed by atoms with van der Waals surface area (Å²) in [7, 11) is 0. The van der Waals surface area contributed by atoms with Crippen LogP contribution in [0.2, 0.25) is 0 Å². The molecule has 0 radical (unpaired) electrons. The Bertz CT molecular complexity index is 927. The van der Waals surface area contributed by atoms with E-state index in [0.717, 1.165) is 44.6 Å². The lowest BCUT2D eigenvalue weighted by Crippen LogP contribution is -2.38. The van der Waals surface area contributed by atoms with Crippen molar-refractivity contribution in [2.45, 2.75) is 32.4 Å². The summed E-state index contributed by atoms with van der Waals surface area (Å²) in [6.07, 6.45) is 0.950. The number of hydrogen-bond acceptors (Lipinski definition) is 6. The van der Waals surface area contributed by atoms with Crippen molar-refractivity contribution < 1.29 is 27.4 Å². The standard InChI is InChI=1S/C22H25F3N4O3/c1-2-31-19-12-16(13-27-28-20-9-7-17(14-26-20)22(23,24)25)6-8-18(19)32-15-21(30)29-10-4-3-5-11-29/h6-9,12-14H,2-5,10-11,15H2,1H3,(H,26,28)/b27-13-. The zero-order chi connectivity index (χ0) is 23.0. The second kappa shape index (κ2) is 10.8. The van der Waals surface area contributed by atoms with Gasteiger partial charge >= 0.3 is 6.18 Å². The van der Waals surface area contributed by atoms with Crippen LogP contribution in [-0.4, -0.2) is 48.3 Å². The number of carbonyl (C=O) groups is 1. The van der Waals surface area contributed by atoms with Crippen LogP contribution >= 0.6 is 0 Å². The molecule has 32 heavy (non-hydrogen) atoms. The Morgan fingerprint density at radius 3 is 2.59 bits per heavy atom. The molecule has 1 aromatic carbocycles. The van der Waals surface area contributed by atoms with E-state index in [1.807, 2.05) is 11.8 Å². The number of hydrazone groups is 1. The van der Waals surface area contributed by atoms with Gasteiger partial charge in [-0.3, -0.25) is 10.2 Å². The molecule has 0 atom stereocenters. The summed E-state index contributed by atoms with van der Waals surface area (Å²) in [5.41, 5.74) is 2.42. The third-order valence-electron chi connectivity index (χ3n) is 4.81. The van der Waals surface area contributed by atoms with Gasteiger partial charge < -0.3 is 14.4 Å². The van der Waals surface area contributed by atoms with Crippen LogP contribution in [0.3, 0.4) is 0 Å². The van der Waals surface area contributed by atoms with Gasteiger partial charge in [-0.1, -0.05) is 0 Å². The molecule has 1 aliphatic heterocycles. The van der Waals surface area contributed by atoms with E-state index < -0.39 is 11.7 Å². The normalized spacial score (nSPS) is 14.4. The number of pyridine rings is 1. The molecule has 2 heterocycles. The van der Waals surface area contributed by atoms with E-state index >= 15 is 0 Å². The Kier molecular flexibility index (Phi) is 7.91. The molecule has 10 heteroatoms. The van der Waals surface area contributed by atoms with Crippen LogP contribution in [-0.2, 0) is 11.0 Å². The zero-order valence-electron chi connectivity index (χ0n) is 17.7. The first-order valence-electron chi connectivity index (χ1n) is 10.4. The molecular formula is C22H25F3N4O3. The number of halogens is 3. The van der Waals surface area contributed by atoms with Crippen LogP contribution in [0, 0.1) is 0 Å². The van der Waals surface area contributed by atoms with Crippen molar-refractivity contribution in [3.63, 3.8) is 0 Å². The zero-order valence-corrected chi connectivity index (χ0v) is 17.7. The molecule has 0 aliphatic carbocycles. The average Bonchev–Trinajstić information content (AvgIpc) is 2.79. The number of aromatic nitrogens is 1. The average molecular weight is 450 g/mol. The summed E-state index contributed by atoms with van der Waals surface area (Å²) in [6.45, 7) is 3.70.